The topological polar surface area (TPSA) is 123 Å². The van der Waals surface area contributed by atoms with Gasteiger partial charge < -0.3 is 20.5 Å². The minimum Gasteiger partial charge on any atom is -0.456 e. The molecule has 0 aliphatic carbocycles. The van der Waals surface area contributed by atoms with Gasteiger partial charge in [0.2, 0.25) is 0 Å². The summed E-state index contributed by atoms with van der Waals surface area (Å²) in [7, 11) is 0. The van der Waals surface area contributed by atoms with Gasteiger partial charge in [0.05, 0.1) is 5.56 Å². The minimum atomic E-state index is -4.75. The van der Waals surface area contributed by atoms with Gasteiger partial charge in [-0.1, -0.05) is 0 Å². The summed E-state index contributed by atoms with van der Waals surface area (Å²) in [5, 5.41) is 11.3. The molecule has 1 amide bonds. The fourth-order valence-corrected chi connectivity index (χ4v) is 3.46. The first-order valence-corrected chi connectivity index (χ1v) is 9.70. The molecule has 1 aromatic heterocycles. The van der Waals surface area contributed by atoms with E-state index >= 15 is 0 Å². The number of alkyl halides is 4. The van der Waals surface area contributed by atoms with Gasteiger partial charge in [-0.2, -0.15) is 18.4 Å². The van der Waals surface area contributed by atoms with E-state index < -0.39 is 55.0 Å². The number of nitrogens with one attached hydrogen (secondary N) is 1. The number of hydrogen-bond acceptors (Lipinski definition) is 7. The fraction of sp³-hybridized carbons (Fsp3) is 0.333. The maximum absolute atomic E-state index is 14.9. The molecular formula is C21H18F5N5O3. The van der Waals surface area contributed by atoms with Crippen molar-refractivity contribution in [1.82, 2.24) is 4.98 Å². The molecule has 1 aromatic carbocycles. The lowest BCUT2D eigenvalue weighted by atomic mass is 9.82. The molecule has 1 aliphatic rings. The monoisotopic (exact) mass is 483 g/mol. The Morgan fingerprint density at radius 3 is 2.68 bits per heavy atom. The van der Waals surface area contributed by atoms with Crippen molar-refractivity contribution in [2.24, 2.45) is 10.7 Å². The van der Waals surface area contributed by atoms with Crippen molar-refractivity contribution in [3.8, 4) is 6.07 Å². The maximum Gasteiger partial charge on any atom is 0.411 e. The van der Waals surface area contributed by atoms with E-state index in [4.69, 9.17) is 20.5 Å². The summed E-state index contributed by atoms with van der Waals surface area (Å²) in [4.78, 5) is 20.3. The number of amides is 1. The van der Waals surface area contributed by atoms with E-state index in [1.165, 1.54) is 31.3 Å². The van der Waals surface area contributed by atoms with Crippen LogP contribution in [0, 0.1) is 17.1 Å². The van der Waals surface area contributed by atoms with Crippen molar-refractivity contribution in [3.05, 3.63) is 59.2 Å². The Kier molecular flexibility index (Phi) is 7.01. The summed E-state index contributed by atoms with van der Waals surface area (Å²) >= 11 is 0. The summed E-state index contributed by atoms with van der Waals surface area (Å²) in [5.41, 5.74) is 3.57. The molecule has 0 bridgehead atoms. The zero-order chi connectivity index (χ0) is 25.1. The Hall–Kier alpha value is -3.79. The number of anilines is 1. The Morgan fingerprint density at radius 2 is 2.09 bits per heavy atom. The zero-order valence-corrected chi connectivity index (χ0v) is 17.6. The molecule has 0 saturated heterocycles. The lowest BCUT2D eigenvalue weighted by Gasteiger charge is -2.41. The number of nitriles is 1. The highest BCUT2D eigenvalue weighted by molar-refractivity contribution is 6.02. The van der Waals surface area contributed by atoms with Gasteiger partial charge >= 0.3 is 6.18 Å². The van der Waals surface area contributed by atoms with E-state index in [-0.39, 0.29) is 22.5 Å². The number of carbonyl (C=O) groups excluding carboxylic acids is 1. The van der Waals surface area contributed by atoms with Gasteiger partial charge in [-0.3, -0.25) is 4.79 Å². The van der Waals surface area contributed by atoms with Crippen LogP contribution in [0.15, 0.2) is 41.5 Å². The molecule has 0 spiro atoms. The molecular weight excluding hydrogens is 465 g/mol. The number of hydrogen-bond donors (Lipinski definition) is 2. The number of rotatable bonds is 6. The molecule has 2 aromatic rings. The number of ether oxygens (including phenoxy) is 2. The first-order valence-electron chi connectivity index (χ1n) is 9.70. The van der Waals surface area contributed by atoms with Crippen molar-refractivity contribution >= 4 is 17.6 Å². The first-order chi connectivity index (χ1) is 16.0. The largest absolute Gasteiger partial charge is 0.456 e. The molecule has 0 fully saturated rings. The van der Waals surface area contributed by atoms with Crippen LogP contribution in [-0.4, -0.2) is 48.6 Å². The average Bonchev–Trinajstić information content (AvgIpc) is 2.78. The van der Waals surface area contributed by atoms with E-state index in [2.05, 4.69) is 15.3 Å². The van der Waals surface area contributed by atoms with Crippen LogP contribution in [0.5, 0.6) is 0 Å². The number of aliphatic imine (C=N–C) groups is 1. The van der Waals surface area contributed by atoms with Crippen molar-refractivity contribution in [1.29, 1.82) is 5.26 Å². The lowest BCUT2D eigenvalue weighted by Crippen LogP contribution is -2.54. The molecule has 2 heterocycles. The Morgan fingerprint density at radius 1 is 1.35 bits per heavy atom. The minimum absolute atomic E-state index is 0.0421. The highest BCUT2D eigenvalue weighted by Gasteiger charge is 2.49. The molecule has 13 heteroatoms. The number of aromatic nitrogens is 1. The highest BCUT2D eigenvalue weighted by atomic mass is 19.4. The maximum atomic E-state index is 14.9. The standard InChI is InChI=1S/C21H18F5N5O3/c1-20(17(33-10-21(24,25)26)16(7-22)34-19(28)31-20)13-6-12(3-4-14(13)23)30-18(32)15-5-2-11(8-27)9-29-15/h2-6,9,16-17H,7,10H2,1H3,(H2,28,31)(H,30,32)/t16-,17+,20-/m1/s1. The third-order valence-corrected chi connectivity index (χ3v) is 4.98. The Labute approximate surface area is 190 Å². The number of halogens is 5. The molecule has 0 radical (unpaired) electrons. The highest BCUT2D eigenvalue weighted by Crippen LogP contribution is 2.40. The fourth-order valence-electron chi connectivity index (χ4n) is 3.46. The molecule has 3 atom stereocenters. The van der Waals surface area contributed by atoms with Crippen molar-refractivity contribution in [2.75, 3.05) is 18.6 Å². The second-order valence-electron chi connectivity index (χ2n) is 7.45. The second kappa shape index (κ2) is 9.60. The molecule has 0 unspecified atom stereocenters. The van der Waals surface area contributed by atoms with Gasteiger partial charge in [-0.15, -0.1) is 0 Å². The number of benzene rings is 1. The number of carbonyl (C=O) groups is 1. The zero-order valence-electron chi connectivity index (χ0n) is 17.6. The molecule has 34 heavy (non-hydrogen) atoms. The number of nitrogens with zero attached hydrogens (tertiary/aromatic N) is 3. The van der Waals surface area contributed by atoms with Gasteiger partial charge in [0.25, 0.3) is 11.9 Å². The van der Waals surface area contributed by atoms with Crippen molar-refractivity contribution in [2.45, 2.75) is 30.8 Å². The van der Waals surface area contributed by atoms with E-state index in [1.54, 1.807) is 0 Å². The summed E-state index contributed by atoms with van der Waals surface area (Å²) in [5.74, 6) is -1.61. The summed E-state index contributed by atoms with van der Waals surface area (Å²) in [6, 6.07) is 7.25. The molecule has 3 N–H and O–H groups in total. The van der Waals surface area contributed by atoms with Crippen molar-refractivity contribution < 1.29 is 36.2 Å². The lowest BCUT2D eigenvalue weighted by molar-refractivity contribution is -0.206. The van der Waals surface area contributed by atoms with Crippen LogP contribution in [0.3, 0.4) is 0 Å². The molecule has 1 aliphatic heterocycles. The SMILES string of the molecule is C[C@]1(c2cc(NC(=O)c3ccc(C#N)cn3)ccc2F)N=C(N)O[C@H](CF)[C@@H]1OCC(F)(F)F. The van der Waals surface area contributed by atoms with Crippen LogP contribution in [0.25, 0.3) is 0 Å². The van der Waals surface area contributed by atoms with Crippen LogP contribution in [0.4, 0.5) is 27.6 Å². The van der Waals surface area contributed by atoms with Crippen LogP contribution in [-0.2, 0) is 15.0 Å². The van der Waals surface area contributed by atoms with Crippen LogP contribution >= 0.6 is 0 Å². The Balaban J connectivity index is 1.97. The van der Waals surface area contributed by atoms with Gasteiger partial charge in [0.15, 0.2) is 6.10 Å². The summed E-state index contributed by atoms with van der Waals surface area (Å²) in [6.07, 6.45) is -6.86. The van der Waals surface area contributed by atoms with Crippen LogP contribution < -0.4 is 11.1 Å². The molecule has 3 rings (SSSR count). The van der Waals surface area contributed by atoms with E-state index in [0.717, 1.165) is 12.1 Å². The molecule has 8 nitrogen and oxygen atoms in total. The van der Waals surface area contributed by atoms with Crippen LogP contribution in [0.1, 0.15) is 28.5 Å². The predicted molar refractivity (Wildman–Crippen MR) is 109 cm³/mol. The van der Waals surface area contributed by atoms with Gasteiger partial charge in [0.1, 0.15) is 42.5 Å². The average molecular weight is 483 g/mol. The van der Waals surface area contributed by atoms with E-state index in [0.29, 0.717) is 0 Å². The van der Waals surface area contributed by atoms with Gasteiger partial charge in [-0.25, -0.2) is 18.8 Å². The van der Waals surface area contributed by atoms with Crippen molar-refractivity contribution in [3.63, 3.8) is 0 Å². The summed E-state index contributed by atoms with van der Waals surface area (Å²) in [6.45, 7) is -1.82. The third kappa shape index (κ3) is 5.40. The van der Waals surface area contributed by atoms with Gasteiger partial charge in [0, 0.05) is 17.4 Å². The smallest absolute Gasteiger partial charge is 0.411 e. The molecule has 180 valence electrons. The number of amidine groups is 1. The second-order valence-corrected chi connectivity index (χ2v) is 7.45. The number of nitrogens with two attached hydrogens (primary N) is 1. The van der Waals surface area contributed by atoms with Crippen LogP contribution in [0.2, 0.25) is 0 Å². The van der Waals surface area contributed by atoms with E-state index in [9.17, 15) is 26.7 Å². The van der Waals surface area contributed by atoms with E-state index in [1.807, 2.05) is 6.07 Å². The quantitative estimate of drug-likeness (QED) is 0.609. The van der Waals surface area contributed by atoms with Gasteiger partial charge in [-0.05, 0) is 37.3 Å². The Bertz CT molecular complexity index is 1130. The normalized spacial score (nSPS) is 22.3. The predicted octanol–water partition coefficient (Wildman–Crippen LogP) is 3.19. The number of pyridine rings is 1. The summed E-state index contributed by atoms with van der Waals surface area (Å²) < 4.78 is 76.8. The third-order valence-electron chi connectivity index (χ3n) is 4.98. The first kappa shape index (κ1) is 24.8. The molecule has 0 saturated carbocycles.